The molecular formula is C22H25IN4O3. The first-order valence-corrected chi connectivity index (χ1v) is 10.6. The van der Waals surface area contributed by atoms with Crippen molar-refractivity contribution >= 4 is 46.0 Å². The van der Waals surface area contributed by atoms with Crippen LogP contribution in [0, 0.1) is 14.9 Å². The zero-order chi connectivity index (χ0) is 22.3. The van der Waals surface area contributed by atoms with Crippen LogP contribution in [0.1, 0.15) is 39.7 Å². The van der Waals surface area contributed by atoms with E-state index < -0.39 is 17.7 Å². The van der Waals surface area contributed by atoms with E-state index in [0.29, 0.717) is 23.4 Å². The summed E-state index contributed by atoms with van der Waals surface area (Å²) in [6, 6.07) is 15.4. The molecule has 0 saturated carbocycles. The first-order valence-electron chi connectivity index (χ1n) is 9.48. The summed E-state index contributed by atoms with van der Waals surface area (Å²) in [4.78, 5) is 25.5. The van der Waals surface area contributed by atoms with Crippen molar-refractivity contribution in [1.29, 1.82) is 5.26 Å². The topological polar surface area (TPSA) is 94.5 Å². The van der Waals surface area contributed by atoms with Crippen molar-refractivity contribution < 1.29 is 14.3 Å². The number of carbonyl (C=O) groups excluding carboxylic acids is 2. The molecule has 0 heterocycles. The lowest BCUT2D eigenvalue weighted by atomic mass is 10.1. The van der Waals surface area contributed by atoms with Gasteiger partial charge < -0.3 is 10.1 Å². The Labute approximate surface area is 190 Å². The van der Waals surface area contributed by atoms with Crippen LogP contribution in [0.25, 0.3) is 0 Å². The lowest BCUT2D eigenvalue weighted by Crippen LogP contribution is -2.54. The third-order valence-electron chi connectivity index (χ3n) is 3.98. The summed E-state index contributed by atoms with van der Waals surface area (Å²) < 4.78 is 6.42. The minimum atomic E-state index is -0.731. The standard InChI is InChI=1S/C22H25IN4O3/c1-5-19(20(28)25-17-11-9-16(23)10-12-17)27(26-21(29)30-22(2,3)4)18-8-6-7-15(13-18)14-24/h6-13,19H,5H2,1-4H3,(H,25,28)(H,26,29). The van der Waals surface area contributed by atoms with Crippen molar-refractivity contribution in [2.75, 3.05) is 10.3 Å². The van der Waals surface area contributed by atoms with E-state index in [-0.39, 0.29) is 5.91 Å². The second kappa shape index (κ2) is 10.3. The van der Waals surface area contributed by atoms with Crippen LogP contribution in [0.4, 0.5) is 16.2 Å². The number of hydrazine groups is 1. The van der Waals surface area contributed by atoms with Gasteiger partial charge in [0.2, 0.25) is 5.91 Å². The minimum Gasteiger partial charge on any atom is -0.443 e. The highest BCUT2D eigenvalue weighted by atomic mass is 127. The molecule has 1 unspecified atom stereocenters. The van der Waals surface area contributed by atoms with Gasteiger partial charge in [0.25, 0.3) is 0 Å². The molecule has 0 bridgehead atoms. The predicted molar refractivity (Wildman–Crippen MR) is 125 cm³/mol. The number of rotatable bonds is 6. The lowest BCUT2D eigenvalue weighted by Gasteiger charge is -2.33. The SMILES string of the molecule is CCC(C(=O)Nc1ccc(I)cc1)N(NC(=O)OC(C)(C)C)c1cccc(C#N)c1. The summed E-state index contributed by atoms with van der Waals surface area (Å²) in [6.07, 6.45) is -0.284. The van der Waals surface area contributed by atoms with Gasteiger partial charge in [-0.1, -0.05) is 13.0 Å². The van der Waals surface area contributed by atoms with Gasteiger partial charge in [0.15, 0.2) is 0 Å². The molecule has 2 amide bonds. The number of anilines is 2. The number of benzene rings is 2. The molecule has 8 heteroatoms. The number of carbonyl (C=O) groups is 2. The fourth-order valence-electron chi connectivity index (χ4n) is 2.69. The van der Waals surface area contributed by atoms with Crippen LogP contribution in [-0.4, -0.2) is 23.6 Å². The minimum absolute atomic E-state index is 0.294. The van der Waals surface area contributed by atoms with E-state index in [9.17, 15) is 14.9 Å². The summed E-state index contributed by atoms with van der Waals surface area (Å²) in [5.41, 5.74) is 3.54. The number of hydrogen-bond donors (Lipinski definition) is 2. The molecule has 0 radical (unpaired) electrons. The predicted octanol–water partition coefficient (Wildman–Crippen LogP) is 4.83. The van der Waals surface area contributed by atoms with Crippen molar-refractivity contribution in [3.8, 4) is 6.07 Å². The van der Waals surface area contributed by atoms with Gasteiger partial charge in [0.1, 0.15) is 11.6 Å². The molecule has 2 rings (SSSR count). The monoisotopic (exact) mass is 520 g/mol. The highest BCUT2D eigenvalue weighted by Crippen LogP contribution is 2.21. The van der Waals surface area contributed by atoms with Crippen LogP contribution in [-0.2, 0) is 9.53 Å². The second-order valence-corrected chi connectivity index (χ2v) is 8.81. The Kier molecular flexibility index (Phi) is 8.06. The summed E-state index contributed by atoms with van der Waals surface area (Å²) in [7, 11) is 0. The molecule has 0 aliphatic rings. The summed E-state index contributed by atoms with van der Waals surface area (Å²) in [6.45, 7) is 7.12. The maximum Gasteiger partial charge on any atom is 0.426 e. The van der Waals surface area contributed by atoms with Gasteiger partial charge in [0, 0.05) is 9.26 Å². The Balaban J connectivity index is 2.33. The molecule has 158 valence electrons. The Morgan fingerprint density at radius 3 is 2.43 bits per heavy atom. The fraction of sp³-hybridized carbons (Fsp3) is 0.318. The number of nitrogens with one attached hydrogen (secondary N) is 2. The van der Waals surface area contributed by atoms with E-state index in [2.05, 4.69) is 39.4 Å². The van der Waals surface area contributed by atoms with Crippen LogP contribution in [0.3, 0.4) is 0 Å². The molecule has 0 saturated heterocycles. The van der Waals surface area contributed by atoms with Gasteiger partial charge in [0.05, 0.1) is 17.3 Å². The van der Waals surface area contributed by atoms with Crippen molar-refractivity contribution in [2.45, 2.75) is 45.8 Å². The molecule has 0 aromatic heterocycles. The molecule has 2 aromatic rings. The van der Waals surface area contributed by atoms with Crippen LogP contribution in [0.15, 0.2) is 48.5 Å². The van der Waals surface area contributed by atoms with Gasteiger partial charge in [-0.05, 0) is 92.2 Å². The summed E-state index contributed by atoms with van der Waals surface area (Å²) >= 11 is 2.19. The van der Waals surface area contributed by atoms with Gasteiger partial charge in [-0.3, -0.25) is 9.80 Å². The number of hydrogen-bond acceptors (Lipinski definition) is 5. The van der Waals surface area contributed by atoms with Crippen molar-refractivity contribution in [3.63, 3.8) is 0 Å². The summed E-state index contributed by atoms with van der Waals surface area (Å²) in [5, 5.41) is 13.6. The van der Waals surface area contributed by atoms with Crippen molar-refractivity contribution in [3.05, 3.63) is 57.7 Å². The molecule has 2 N–H and O–H groups in total. The van der Waals surface area contributed by atoms with E-state index in [1.807, 2.05) is 31.2 Å². The number of nitrogens with zero attached hydrogens (tertiary/aromatic N) is 2. The largest absolute Gasteiger partial charge is 0.443 e. The van der Waals surface area contributed by atoms with Crippen LogP contribution < -0.4 is 15.8 Å². The molecule has 30 heavy (non-hydrogen) atoms. The maximum absolute atomic E-state index is 13.1. The molecule has 2 aromatic carbocycles. The third kappa shape index (κ3) is 6.91. The average molecular weight is 520 g/mol. The normalized spacial score (nSPS) is 11.7. The Morgan fingerprint density at radius 1 is 1.20 bits per heavy atom. The number of amides is 2. The quantitative estimate of drug-likeness (QED) is 0.421. The van der Waals surface area contributed by atoms with Gasteiger partial charge >= 0.3 is 6.09 Å². The summed E-state index contributed by atoms with van der Waals surface area (Å²) in [5.74, 6) is -0.294. The highest BCUT2D eigenvalue weighted by molar-refractivity contribution is 14.1. The number of halogens is 1. The van der Waals surface area contributed by atoms with Crippen molar-refractivity contribution in [1.82, 2.24) is 5.43 Å². The first-order chi connectivity index (χ1) is 14.1. The van der Waals surface area contributed by atoms with Crippen LogP contribution >= 0.6 is 22.6 Å². The van der Waals surface area contributed by atoms with Crippen molar-refractivity contribution in [2.24, 2.45) is 0 Å². The Hall–Kier alpha value is -2.80. The molecule has 7 nitrogen and oxygen atoms in total. The average Bonchev–Trinajstić information content (AvgIpc) is 2.68. The van der Waals surface area contributed by atoms with E-state index in [0.717, 1.165) is 3.57 Å². The first kappa shape index (κ1) is 23.5. The van der Waals surface area contributed by atoms with E-state index >= 15 is 0 Å². The third-order valence-corrected chi connectivity index (χ3v) is 4.70. The van der Waals surface area contributed by atoms with E-state index in [4.69, 9.17) is 4.74 Å². The molecule has 0 fully saturated rings. The van der Waals surface area contributed by atoms with Crippen LogP contribution in [0.2, 0.25) is 0 Å². The zero-order valence-corrected chi connectivity index (χ0v) is 19.6. The van der Waals surface area contributed by atoms with Gasteiger partial charge in [-0.15, -0.1) is 0 Å². The smallest absolute Gasteiger partial charge is 0.426 e. The molecule has 0 aliphatic carbocycles. The zero-order valence-electron chi connectivity index (χ0n) is 17.4. The maximum atomic E-state index is 13.1. The van der Waals surface area contributed by atoms with Crippen LogP contribution in [0.5, 0.6) is 0 Å². The fourth-order valence-corrected chi connectivity index (χ4v) is 3.05. The molecular weight excluding hydrogens is 495 g/mol. The highest BCUT2D eigenvalue weighted by Gasteiger charge is 2.28. The Morgan fingerprint density at radius 2 is 1.87 bits per heavy atom. The number of nitriles is 1. The lowest BCUT2D eigenvalue weighted by molar-refractivity contribution is -0.117. The molecule has 0 spiro atoms. The van der Waals surface area contributed by atoms with Gasteiger partial charge in [-0.25, -0.2) is 10.2 Å². The second-order valence-electron chi connectivity index (χ2n) is 7.57. The molecule has 1 atom stereocenters. The Bertz CT molecular complexity index is 933. The van der Waals surface area contributed by atoms with E-state index in [1.165, 1.54) is 5.01 Å². The van der Waals surface area contributed by atoms with Gasteiger partial charge in [-0.2, -0.15) is 5.26 Å². The molecule has 0 aliphatic heterocycles. The van der Waals surface area contributed by atoms with E-state index in [1.54, 1.807) is 45.0 Å². The number of ether oxygens (including phenoxy) is 1.